The van der Waals surface area contributed by atoms with Gasteiger partial charge in [0.25, 0.3) is 0 Å². The first-order valence-corrected chi connectivity index (χ1v) is 7.77. The van der Waals surface area contributed by atoms with Crippen LogP contribution in [0.3, 0.4) is 0 Å². The summed E-state index contributed by atoms with van der Waals surface area (Å²) in [6.07, 6.45) is 3.84. The molecule has 0 amide bonds. The van der Waals surface area contributed by atoms with Gasteiger partial charge in [0.2, 0.25) is 0 Å². The summed E-state index contributed by atoms with van der Waals surface area (Å²) in [7, 11) is 1.74. The van der Waals surface area contributed by atoms with E-state index in [1.165, 1.54) is 16.7 Å². The van der Waals surface area contributed by atoms with Crippen molar-refractivity contribution < 1.29 is 4.74 Å². The van der Waals surface area contributed by atoms with E-state index in [-0.39, 0.29) is 0 Å². The van der Waals surface area contributed by atoms with Crippen LogP contribution in [0.1, 0.15) is 22.7 Å². The third kappa shape index (κ3) is 3.13. The number of rotatable bonds is 4. The number of hydrogen-bond acceptors (Lipinski definition) is 4. The molecule has 1 fully saturated rings. The van der Waals surface area contributed by atoms with Crippen molar-refractivity contribution in [3.8, 4) is 5.75 Å². The van der Waals surface area contributed by atoms with Crippen LogP contribution < -0.4 is 10.1 Å². The molecule has 1 unspecified atom stereocenters. The summed E-state index contributed by atoms with van der Waals surface area (Å²) < 4.78 is 5.55. The van der Waals surface area contributed by atoms with E-state index in [2.05, 4.69) is 40.3 Å². The van der Waals surface area contributed by atoms with E-state index >= 15 is 0 Å². The summed E-state index contributed by atoms with van der Waals surface area (Å²) in [5, 5.41) is 3.50. The lowest BCUT2D eigenvalue weighted by molar-refractivity contribution is 0.150. The smallest absolute Gasteiger partial charge is 0.123 e. The van der Waals surface area contributed by atoms with Crippen LogP contribution in [0, 0.1) is 6.92 Å². The molecule has 3 rings (SSSR count). The standard InChI is InChI=1S/C18H23N3O/c1-14-7-8-19-11-15(14)13-21-10-9-20-12-17(21)16-5-3-4-6-18(16)22-2/h3-8,11,17,20H,9-10,12-13H2,1-2H3. The maximum atomic E-state index is 5.55. The molecule has 4 nitrogen and oxygen atoms in total. The normalized spacial score (nSPS) is 19.1. The minimum absolute atomic E-state index is 0.324. The monoisotopic (exact) mass is 297 g/mol. The number of ether oxygens (including phenoxy) is 1. The molecule has 0 spiro atoms. The Balaban J connectivity index is 1.87. The number of nitrogens with one attached hydrogen (secondary N) is 1. The van der Waals surface area contributed by atoms with Gasteiger partial charge in [-0.3, -0.25) is 9.88 Å². The second-order valence-corrected chi connectivity index (χ2v) is 5.73. The average molecular weight is 297 g/mol. The van der Waals surface area contributed by atoms with Crippen molar-refractivity contribution in [2.24, 2.45) is 0 Å². The zero-order valence-corrected chi connectivity index (χ0v) is 13.2. The number of nitrogens with zero attached hydrogens (tertiary/aromatic N) is 2. The van der Waals surface area contributed by atoms with Crippen LogP contribution in [0.15, 0.2) is 42.7 Å². The predicted molar refractivity (Wildman–Crippen MR) is 88.0 cm³/mol. The highest BCUT2D eigenvalue weighted by Crippen LogP contribution is 2.31. The number of aryl methyl sites for hydroxylation is 1. The third-order valence-corrected chi connectivity index (χ3v) is 4.37. The minimum atomic E-state index is 0.324. The van der Waals surface area contributed by atoms with Gasteiger partial charge in [-0.2, -0.15) is 0 Å². The summed E-state index contributed by atoms with van der Waals surface area (Å²) in [5.41, 5.74) is 3.84. The summed E-state index contributed by atoms with van der Waals surface area (Å²) in [6, 6.07) is 10.7. The molecule has 1 saturated heterocycles. The lowest BCUT2D eigenvalue weighted by atomic mass is 10.0. The zero-order valence-electron chi connectivity index (χ0n) is 13.2. The third-order valence-electron chi connectivity index (χ3n) is 4.37. The molecule has 0 radical (unpaired) electrons. The molecule has 1 aliphatic heterocycles. The quantitative estimate of drug-likeness (QED) is 0.941. The molecule has 116 valence electrons. The van der Waals surface area contributed by atoms with Gasteiger partial charge in [0.05, 0.1) is 13.2 Å². The largest absolute Gasteiger partial charge is 0.496 e. The Morgan fingerprint density at radius 2 is 2.18 bits per heavy atom. The van der Waals surface area contributed by atoms with Gasteiger partial charge in [0.15, 0.2) is 0 Å². The number of methoxy groups -OCH3 is 1. The van der Waals surface area contributed by atoms with Crippen LogP contribution >= 0.6 is 0 Å². The van der Waals surface area contributed by atoms with E-state index < -0.39 is 0 Å². The number of benzene rings is 1. The van der Waals surface area contributed by atoms with Gasteiger partial charge >= 0.3 is 0 Å². The molecular formula is C18H23N3O. The van der Waals surface area contributed by atoms with Gasteiger partial charge in [0, 0.05) is 44.1 Å². The Bertz CT molecular complexity index is 629. The number of pyridine rings is 1. The summed E-state index contributed by atoms with van der Waals surface area (Å²) in [6.45, 7) is 6.06. The fourth-order valence-electron chi connectivity index (χ4n) is 3.07. The Morgan fingerprint density at radius 3 is 3.00 bits per heavy atom. The van der Waals surface area contributed by atoms with Crippen molar-refractivity contribution in [1.29, 1.82) is 0 Å². The van der Waals surface area contributed by atoms with Crippen molar-refractivity contribution >= 4 is 0 Å². The molecule has 0 bridgehead atoms. The van der Waals surface area contributed by atoms with Crippen LogP contribution in [0.2, 0.25) is 0 Å². The first-order chi connectivity index (χ1) is 10.8. The Morgan fingerprint density at radius 1 is 1.32 bits per heavy atom. The maximum Gasteiger partial charge on any atom is 0.123 e. The molecule has 1 aromatic heterocycles. The van der Waals surface area contributed by atoms with E-state index in [0.717, 1.165) is 31.9 Å². The molecule has 0 saturated carbocycles. The Kier molecular flexibility index (Phi) is 4.71. The number of piperazine rings is 1. The second kappa shape index (κ2) is 6.90. The minimum Gasteiger partial charge on any atom is -0.496 e. The highest BCUT2D eigenvalue weighted by atomic mass is 16.5. The number of hydrogen-bond donors (Lipinski definition) is 1. The van der Waals surface area contributed by atoms with Gasteiger partial charge < -0.3 is 10.1 Å². The fourth-order valence-corrected chi connectivity index (χ4v) is 3.07. The number of aromatic nitrogens is 1. The molecule has 1 aromatic carbocycles. The van der Waals surface area contributed by atoms with Gasteiger partial charge in [-0.15, -0.1) is 0 Å². The highest BCUT2D eigenvalue weighted by molar-refractivity contribution is 5.36. The van der Waals surface area contributed by atoms with E-state index in [4.69, 9.17) is 4.74 Å². The molecule has 1 aliphatic rings. The van der Waals surface area contributed by atoms with E-state index in [9.17, 15) is 0 Å². The van der Waals surface area contributed by atoms with Crippen molar-refractivity contribution in [3.63, 3.8) is 0 Å². The molecule has 1 N–H and O–H groups in total. The van der Waals surface area contributed by atoms with Crippen molar-refractivity contribution in [2.75, 3.05) is 26.7 Å². The predicted octanol–water partition coefficient (Wildman–Crippen LogP) is 2.55. The lowest BCUT2D eigenvalue weighted by Gasteiger charge is -2.37. The van der Waals surface area contributed by atoms with Crippen molar-refractivity contribution in [2.45, 2.75) is 19.5 Å². The van der Waals surface area contributed by atoms with Crippen LogP contribution in [0.5, 0.6) is 5.75 Å². The average Bonchev–Trinajstić information content (AvgIpc) is 2.57. The summed E-state index contributed by atoms with van der Waals surface area (Å²) in [4.78, 5) is 6.79. The topological polar surface area (TPSA) is 37.4 Å². The zero-order chi connectivity index (χ0) is 15.4. The van der Waals surface area contributed by atoms with E-state index in [1.807, 2.05) is 24.5 Å². The fraction of sp³-hybridized carbons (Fsp3) is 0.389. The van der Waals surface area contributed by atoms with Crippen molar-refractivity contribution in [3.05, 3.63) is 59.4 Å². The molecule has 22 heavy (non-hydrogen) atoms. The van der Waals surface area contributed by atoms with Gasteiger partial charge in [0.1, 0.15) is 5.75 Å². The van der Waals surface area contributed by atoms with Crippen LogP contribution in [0.25, 0.3) is 0 Å². The second-order valence-electron chi connectivity index (χ2n) is 5.73. The molecule has 2 heterocycles. The van der Waals surface area contributed by atoms with Gasteiger partial charge in [-0.25, -0.2) is 0 Å². The lowest BCUT2D eigenvalue weighted by Crippen LogP contribution is -2.45. The van der Waals surface area contributed by atoms with Gasteiger partial charge in [-0.05, 0) is 30.2 Å². The Labute approximate surface area is 132 Å². The van der Waals surface area contributed by atoms with Crippen LogP contribution in [-0.4, -0.2) is 36.6 Å². The first kappa shape index (κ1) is 15.0. The van der Waals surface area contributed by atoms with Crippen LogP contribution in [-0.2, 0) is 6.54 Å². The van der Waals surface area contributed by atoms with E-state index in [1.54, 1.807) is 7.11 Å². The first-order valence-electron chi connectivity index (χ1n) is 7.77. The maximum absolute atomic E-state index is 5.55. The molecular weight excluding hydrogens is 274 g/mol. The molecule has 4 heteroatoms. The summed E-state index contributed by atoms with van der Waals surface area (Å²) in [5.74, 6) is 0.962. The molecule has 1 atom stereocenters. The highest BCUT2D eigenvalue weighted by Gasteiger charge is 2.26. The number of para-hydroxylation sites is 1. The Hall–Kier alpha value is -1.91. The molecule has 0 aliphatic carbocycles. The SMILES string of the molecule is COc1ccccc1C1CNCCN1Cc1cnccc1C. The van der Waals surface area contributed by atoms with Crippen molar-refractivity contribution in [1.82, 2.24) is 15.2 Å². The van der Waals surface area contributed by atoms with E-state index in [0.29, 0.717) is 6.04 Å². The van der Waals surface area contributed by atoms with Crippen LogP contribution in [0.4, 0.5) is 0 Å². The summed E-state index contributed by atoms with van der Waals surface area (Å²) >= 11 is 0. The van der Waals surface area contributed by atoms with Gasteiger partial charge in [-0.1, -0.05) is 18.2 Å². The molecule has 2 aromatic rings.